The number of carbonyl (C=O) groups excluding carboxylic acids is 1. The van der Waals surface area contributed by atoms with Crippen LogP contribution < -0.4 is 5.32 Å². The molecule has 0 spiro atoms. The van der Waals surface area contributed by atoms with Gasteiger partial charge < -0.3 is 14.8 Å². The fraction of sp³-hybridized carbons (Fsp3) is 0.923. The van der Waals surface area contributed by atoms with Crippen LogP contribution in [0.25, 0.3) is 0 Å². The zero-order chi connectivity index (χ0) is 13.3. The van der Waals surface area contributed by atoms with E-state index in [-0.39, 0.29) is 18.1 Å². The molecule has 0 saturated carbocycles. The first-order valence-corrected chi connectivity index (χ1v) is 6.44. The Morgan fingerprint density at radius 3 is 2.41 bits per heavy atom. The fourth-order valence-electron chi connectivity index (χ4n) is 1.66. The molecule has 0 saturated heterocycles. The van der Waals surface area contributed by atoms with Crippen molar-refractivity contribution in [2.75, 3.05) is 20.3 Å². The molecule has 2 atom stereocenters. The number of rotatable bonds is 9. The summed E-state index contributed by atoms with van der Waals surface area (Å²) in [7, 11) is 1.40. The molecule has 0 aromatic carbocycles. The Balaban J connectivity index is 4.01. The van der Waals surface area contributed by atoms with Crippen molar-refractivity contribution in [3.63, 3.8) is 0 Å². The third-order valence-corrected chi connectivity index (χ3v) is 2.48. The molecule has 4 heteroatoms. The Morgan fingerprint density at radius 1 is 1.29 bits per heavy atom. The Hall–Kier alpha value is -0.610. The lowest BCUT2D eigenvalue weighted by molar-refractivity contribution is -0.145. The number of ether oxygens (including phenoxy) is 2. The van der Waals surface area contributed by atoms with Gasteiger partial charge in [0.1, 0.15) is 6.04 Å². The van der Waals surface area contributed by atoms with Crippen molar-refractivity contribution in [3.8, 4) is 0 Å². The molecule has 0 radical (unpaired) electrons. The molecule has 0 bridgehead atoms. The van der Waals surface area contributed by atoms with Crippen LogP contribution in [0.1, 0.15) is 40.5 Å². The molecule has 0 aliphatic carbocycles. The van der Waals surface area contributed by atoms with Crippen molar-refractivity contribution in [1.29, 1.82) is 0 Å². The average Bonchev–Trinajstić information content (AvgIpc) is 2.27. The number of carbonyl (C=O) groups is 1. The Bertz CT molecular complexity index is 207. The minimum atomic E-state index is -0.352. The van der Waals surface area contributed by atoms with E-state index in [4.69, 9.17) is 9.47 Å². The average molecular weight is 245 g/mol. The highest BCUT2D eigenvalue weighted by atomic mass is 16.5. The summed E-state index contributed by atoms with van der Waals surface area (Å²) in [6, 6.07) is -0.352. The molecule has 2 unspecified atom stereocenters. The number of hydrogen-bond acceptors (Lipinski definition) is 4. The van der Waals surface area contributed by atoms with Crippen LogP contribution in [-0.2, 0) is 14.3 Å². The Morgan fingerprint density at radius 2 is 1.94 bits per heavy atom. The van der Waals surface area contributed by atoms with Crippen LogP contribution >= 0.6 is 0 Å². The van der Waals surface area contributed by atoms with Gasteiger partial charge in [-0.3, -0.25) is 4.79 Å². The molecule has 4 nitrogen and oxygen atoms in total. The summed E-state index contributed by atoms with van der Waals surface area (Å²) >= 11 is 0. The van der Waals surface area contributed by atoms with Gasteiger partial charge in [0.25, 0.3) is 0 Å². The number of esters is 1. The molecule has 102 valence electrons. The SMILES string of the molecule is CCCNC(COC(C)CC(C)C)C(=O)OC. The lowest BCUT2D eigenvalue weighted by atomic mass is 10.1. The van der Waals surface area contributed by atoms with E-state index >= 15 is 0 Å². The number of hydrogen-bond donors (Lipinski definition) is 1. The van der Waals surface area contributed by atoms with E-state index in [1.807, 2.05) is 6.92 Å². The van der Waals surface area contributed by atoms with Crippen molar-refractivity contribution in [2.24, 2.45) is 5.92 Å². The summed E-state index contributed by atoms with van der Waals surface area (Å²) in [4.78, 5) is 11.5. The van der Waals surface area contributed by atoms with Crippen molar-refractivity contribution in [3.05, 3.63) is 0 Å². The van der Waals surface area contributed by atoms with Gasteiger partial charge in [0.2, 0.25) is 0 Å². The highest BCUT2D eigenvalue weighted by Gasteiger charge is 2.19. The molecule has 0 aliphatic rings. The number of methoxy groups -OCH3 is 1. The van der Waals surface area contributed by atoms with Crippen molar-refractivity contribution in [2.45, 2.75) is 52.7 Å². The molecule has 0 amide bonds. The van der Waals surface area contributed by atoms with Crippen molar-refractivity contribution >= 4 is 5.97 Å². The smallest absolute Gasteiger partial charge is 0.325 e. The van der Waals surface area contributed by atoms with E-state index < -0.39 is 0 Å². The topological polar surface area (TPSA) is 47.6 Å². The van der Waals surface area contributed by atoms with E-state index in [0.717, 1.165) is 19.4 Å². The molecule has 0 heterocycles. The predicted octanol–water partition coefficient (Wildman–Crippen LogP) is 1.98. The quantitative estimate of drug-likeness (QED) is 0.631. The zero-order valence-corrected chi connectivity index (χ0v) is 11.8. The summed E-state index contributed by atoms with van der Waals surface area (Å²) in [5, 5.41) is 3.13. The standard InChI is InChI=1S/C13H27NO3/c1-6-7-14-12(13(15)16-5)9-17-11(4)8-10(2)3/h10-12,14H,6-9H2,1-5H3. The van der Waals surface area contributed by atoms with Crippen LogP contribution in [-0.4, -0.2) is 38.4 Å². The van der Waals surface area contributed by atoms with Crippen LogP contribution in [0.5, 0.6) is 0 Å². The van der Waals surface area contributed by atoms with Gasteiger partial charge in [0.15, 0.2) is 0 Å². The highest BCUT2D eigenvalue weighted by Crippen LogP contribution is 2.08. The maximum atomic E-state index is 11.5. The van der Waals surface area contributed by atoms with Gasteiger partial charge in [-0.15, -0.1) is 0 Å². The van der Waals surface area contributed by atoms with E-state index in [2.05, 4.69) is 26.1 Å². The minimum absolute atomic E-state index is 0.172. The minimum Gasteiger partial charge on any atom is -0.468 e. The second kappa shape index (κ2) is 9.42. The van der Waals surface area contributed by atoms with Crippen LogP contribution in [0, 0.1) is 5.92 Å². The van der Waals surface area contributed by atoms with Crippen molar-refractivity contribution < 1.29 is 14.3 Å². The molecule has 17 heavy (non-hydrogen) atoms. The lowest BCUT2D eigenvalue weighted by Crippen LogP contribution is -2.42. The molecule has 0 rings (SSSR count). The normalized spacial score (nSPS) is 14.7. The Kier molecular flexibility index (Phi) is 9.09. The van der Waals surface area contributed by atoms with E-state index in [1.165, 1.54) is 7.11 Å². The van der Waals surface area contributed by atoms with Gasteiger partial charge in [-0.05, 0) is 32.2 Å². The van der Waals surface area contributed by atoms with Gasteiger partial charge in [-0.1, -0.05) is 20.8 Å². The first-order valence-electron chi connectivity index (χ1n) is 6.44. The van der Waals surface area contributed by atoms with Gasteiger partial charge in [0.05, 0.1) is 19.8 Å². The maximum absolute atomic E-state index is 11.5. The van der Waals surface area contributed by atoms with Gasteiger partial charge in [-0.2, -0.15) is 0 Å². The molecule has 0 aromatic rings. The van der Waals surface area contributed by atoms with Gasteiger partial charge >= 0.3 is 5.97 Å². The second-order valence-corrected chi connectivity index (χ2v) is 4.80. The van der Waals surface area contributed by atoms with Crippen LogP contribution in [0.15, 0.2) is 0 Å². The monoisotopic (exact) mass is 245 g/mol. The van der Waals surface area contributed by atoms with Crippen LogP contribution in [0.3, 0.4) is 0 Å². The molecule has 0 aromatic heterocycles. The third-order valence-electron chi connectivity index (χ3n) is 2.48. The summed E-state index contributed by atoms with van der Waals surface area (Å²) in [5.41, 5.74) is 0. The van der Waals surface area contributed by atoms with Crippen LogP contribution in [0.4, 0.5) is 0 Å². The molecule has 1 N–H and O–H groups in total. The van der Waals surface area contributed by atoms with Crippen LogP contribution in [0.2, 0.25) is 0 Å². The molecule has 0 fully saturated rings. The fourth-order valence-corrected chi connectivity index (χ4v) is 1.66. The van der Waals surface area contributed by atoms with E-state index in [1.54, 1.807) is 0 Å². The first kappa shape index (κ1) is 16.4. The molecular formula is C13H27NO3. The first-order chi connectivity index (χ1) is 8.01. The number of nitrogens with one attached hydrogen (secondary N) is 1. The molecular weight excluding hydrogens is 218 g/mol. The summed E-state index contributed by atoms with van der Waals surface area (Å²) in [6.07, 6.45) is 2.15. The van der Waals surface area contributed by atoms with Gasteiger partial charge in [0, 0.05) is 0 Å². The summed E-state index contributed by atoms with van der Waals surface area (Å²) < 4.78 is 10.4. The third kappa shape index (κ3) is 8.16. The maximum Gasteiger partial charge on any atom is 0.325 e. The van der Waals surface area contributed by atoms with E-state index in [0.29, 0.717) is 12.5 Å². The summed E-state index contributed by atoms with van der Waals surface area (Å²) in [5.74, 6) is 0.348. The highest BCUT2D eigenvalue weighted by molar-refractivity contribution is 5.75. The van der Waals surface area contributed by atoms with Gasteiger partial charge in [-0.25, -0.2) is 0 Å². The zero-order valence-electron chi connectivity index (χ0n) is 11.8. The Labute approximate surface area is 105 Å². The predicted molar refractivity (Wildman–Crippen MR) is 69.0 cm³/mol. The molecule has 0 aliphatic heterocycles. The second-order valence-electron chi connectivity index (χ2n) is 4.80. The van der Waals surface area contributed by atoms with Crippen molar-refractivity contribution in [1.82, 2.24) is 5.32 Å². The summed E-state index contributed by atoms with van der Waals surface area (Å²) in [6.45, 7) is 9.58. The lowest BCUT2D eigenvalue weighted by Gasteiger charge is -2.20. The largest absolute Gasteiger partial charge is 0.468 e. The van der Waals surface area contributed by atoms with E-state index in [9.17, 15) is 4.79 Å².